The molecule has 0 bridgehead atoms. The molecule has 0 aromatic heterocycles. The van der Waals surface area contributed by atoms with Crippen molar-refractivity contribution in [3.8, 4) is 11.1 Å². The van der Waals surface area contributed by atoms with Crippen molar-refractivity contribution in [2.75, 3.05) is 19.6 Å². The third-order valence-corrected chi connectivity index (χ3v) is 9.06. The standard InChI is InChI=1S/C38H48N2O6/c41-27-28-14-16-30(17-15-28)35-24-33(26-40-22-8-2-1-3-9-23-40)45-38(46-35)31-20-18-29(19-21-31)34-11-5-4-10-32(34)25-39-36(42)12-6-7-13-37(43)44/h4-5,10-11,14-21,33,35,38,41H,1-3,6-9,12-13,22-27H2,(H,39,42)(H,43,44)/t33-,35+,38+/m1/s1. The molecule has 5 rings (SSSR count). The third kappa shape index (κ3) is 9.97. The summed E-state index contributed by atoms with van der Waals surface area (Å²) in [7, 11) is 0. The van der Waals surface area contributed by atoms with Crippen LogP contribution < -0.4 is 5.32 Å². The molecule has 46 heavy (non-hydrogen) atoms. The van der Waals surface area contributed by atoms with Crippen molar-refractivity contribution in [3.05, 3.63) is 95.1 Å². The van der Waals surface area contributed by atoms with E-state index in [1.54, 1.807) is 0 Å². The number of aliphatic hydroxyl groups excluding tert-OH is 1. The normalized spacial score (nSPS) is 20.8. The molecule has 0 saturated carbocycles. The fourth-order valence-corrected chi connectivity index (χ4v) is 6.44. The molecule has 2 fully saturated rings. The molecular weight excluding hydrogens is 580 g/mol. The summed E-state index contributed by atoms with van der Waals surface area (Å²) in [6.45, 7) is 3.54. The summed E-state index contributed by atoms with van der Waals surface area (Å²) in [5, 5.41) is 21.3. The Balaban J connectivity index is 1.27. The molecule has 246 valence electrons. The van der Waals surface area contributed by atoms with Crippen LogP contribution >= 0.6 is 0 Å². The van der Waals surface area contributed by atoms with E-state index in [1.165, 1.54) is 32.1 Å². The number of aliphatic carboxylic acids is 1. The summed E-state index contributed by atoms with van der Waals surface area (Å²) in [4.78, 5) is 25.7. The van der Waals surface area contributed by atoms with Crippen LogP contribution in [0, 0.1) is 0 Å². The van der Waals surface area contributed by atoms with Gasteiger partial charge < -0.3 is 29.9 Å². The number of carbonyl (C=O) groups excluding carboxylic acids is 1. The summed E-state index contributed by atoms with van der Waals surface area (Å²) >= 11 is 0. The highest BCUT2D eigenvalue weighted by atomic mass is 16.7. The van der Waals surface area contributed by atoms with Gasteiger partial charge in [-0.1, -0.05) is 92.1 Å². The molecule has 0 unspecified atom stereocenters. The maximum atomic E-state index is 12.4. The Labute approximate surface area is 272 Å². The zero-order valence-electron chi connectivity index (χ0n) is 26.7. The second kappa shape index (κ2) is 17.4. The van der Waals surface area contributed by atoms with Crippen molar-refractivity contribution >= 4 is 11.9 Å². The van der Waals surface area contributed by atoms with E-state index in [4.69, 9.17) is 14.6 Å². The lowest BCUT2D eigenvalue weighted by Crippen LogP contribution is -2.40. The number of carboxylic acid groups (broad SMARTS) is 1. The van der Waals surface area contributed by atoms with E-state index in [2.05, 4.69) is 52.7 Å². The largest absolute Gasteiger partial charge is 0.481 e. The van der Waals surface area contributed by atoms with Gasteiger partial charge in [-0.3, -0.25) is 9.59 Å². The zero-order valence-corrected chi connectivity index (χ0v) is 26.7. The van der Waals surface area contributed by atoms with Crippen molar-refractivity contribution in [3.63, 3.8) is 0 Å². The molecule has 3 atom stereocenters. The molecule has 3 aromatic carbocycles. The van der Waals surface area contributed by atoms with E-state index in [1.807, 2.05) is 30.3 Å². The lowest BCUT2D eigenvalue weighted by Gasteiger charge is -2.39. The number of likely N-dealkylation sites (tertiary alicyclic amines) is 1. The summed E-state index contributed by atoms with van der Waals surface area (Å²) in [5.41, 5.74) is 6.04. The fourth-order valence-electron chi connectivity index (χ4n) is 6.44. The molecule has 2 saturated heterocycles. The van der Waals surface area contributed by atoms with Gasteiger partial charge in [0, 0.05) is 37.9 Å². The predicted octanol–water partition coefficient (Wildman–Crippen LogP) is 6.92. The first-order valence-electron chi connectivity index (χ1n) is 16.9. The average Bonchev–Trinajstić information content (AvgIpc) is 3.07. The van der Waals surface area contributed by atoms with Gasteiger partial charge in [-0.2, -0.15) is 0 Å². The van der Waals surface area contributed by atoms with Gasteiger partial charge in [-0.05, 0) is 66.6 Å². The lowest BCUT2D eigenvalue weighted by atomic mass is 9.97. The highest BCUT2D eigenvalue weighted by molar-refractivity contribution is 5.76. The molecule has 2 aliphatic rings. The number of benzene rings is 3. The van der Waals surface area contributed by atoms with E-state index in [0.717, 1.165) is 59.4 Å². The maximum Gasteiger partial charge on any atom is 0.303 e. The second-order valence-corrected chi connectivity index (χ2v) is 12.6. The van der Waals surface area contributed by atoms with E-state index < -0.39 is 12.3 Å². The van der Waals surface area contributed by atoms with Gasteiger partial charge in [0.1, 0.15) is 0 Å². The number of unbranched alkanes of at least 4 members (excludes halogenated alkanes) is 1. The van der Waals surface area contributed by atoms with Gasteiger partial charge in [0.25, 0.3) is 0 Å². The number of rotatable bonds is 13. The number of hydrogen-bond acceptors (Lipinski definition) is 6. The Bertz CT molecular complexity index is 1390. The summed E-state index contributed by atoms with van der Waals surface area (Å²) in [6, 6.07) is 24.4. The molecule has 0 aliphatic carbocycles. The van der Waals surface area contributed by atoms with Crippen molar-refractivity contribution < 1.29 is 29.3 Å². The topological polar surface area (TPSA) is 108 Å². The maximum absolute atomic E-state index is 12.4. The number of carboxylic acids is 1. The summed E-state index contributed by atoms with van der Waals surface area (Å²) in [6.07, 6.45) is 8.05. The van der Waals surface area contributed by atoms with Gasteiger partial charge in [0.2, 0.25) is 5.91 Å². The highest BCUT2D eigenvalue weighted by Gasteiger charge is 2.33. The number of amides is 1. The average molecular weight is 629 g/mol. The highest BCUT2D eigenvalue weighted by Crippen LogP contribution is 2.39. The number of nitrogens with one attached hydrogen (secondary N) is 1. The minimum Gasteiger partial charge on any atom is -0.481 e. The number of nitrogens with zero attached hydrogens (tertiary/aromatic N) is 1. The Kier molecular flexibility index (Phi) is 12.8. The summed E-state index contributed by atoms with van der Waals surface area (Å²) < 4.78 is 13.2. The first-order chi connectivity index (χ1) is 22.5. The zero-order chi connectivity index (χ0) is 32.1. The van der Waals surface area contributed by atoms with E-state index in [0.29, 0.717) is 25.8 Å². The van der Waals surface area contributed by atoms with Gasteiger partial charge in [0.15, 0.2) is 6.29 Å². The summed E-state index contributed by atoms with van der Waals surface area (Å²) in [5.74, 6) is -0.911. The number of ether oxygens (including phenoxy) is 2. The first kappa shape index (κ1) is 33.8. The van der Waals surface area contributed by atoms with Crippen molar-refractivity contribution in [1.82, 2.24) is 10.2 Å². The fraction of sp³-hybridized carbons (Fsp3) is 0.474. The SMILES string of the molecule is O=C(O)CCCCC(=O)NCc1ccccc1-c1ccc([C@H]2O[C@@H](CN3CCCCCCC3)C[C@@H](c3ccc(CO)cc3)O2)cc1. The quantitative estimate of drug-likeness (QED) is 0.176. The Morgan fingerprint density at radius 1 is 0.804 bits per heavy atom. The van der Waals surface area contributed by atoms with Crippen LogP contribution in [0.3, 0.4) is 0 Å². The molecule has 8 heteroatoms. The van der Waals surface area contributed by atoms with Crippen molar-refractivity contribution in [2.45, 2.75) is 95.9 Å². The third-order valence-electron chi connectivity index (χ3n) is 9.06. The molecule has 1 amide bonds. The van der Waals surface area contributed by atoms with E-state index >= 15 is 0 Å². The van der Waals surface area contributed by atoms with Crippen LogP contribution in [0.15, 0.2) is 72.8 Å². The van der Waals surface area contributed by atoms with Crippen LogP contribution in [-0.4, -0.2) is 52.7 Å². The number of aliphatic hydroxyl groups is 1. The number of carbonyl (C=O) groups is 2. The predicted molar refractivity (Wildman–Crippen MR) is 178 cm³/mol. The van der Waals surface area contributed by atoms with Crippen LogP contribution in [-0.2, 0) is 32.2 Å². The molecule has 0 spiro atoms. The second-order valence-electron chi connectivity index (χ2n) is 12.6. The lowest BCUT2D eigenvalue weighted by molar-refractivity contribution is -0.253. The molecule has 2 heterocycles. The van der Waals surface area contributed by atoms with Crippen molar-refractivity contribution in [2.24, 2.45) is 0 Å². The smallest absolute Gasteiger partial charge is 0.303 e. The Hall–Kier alpha value is -3.56. The first-order valence-corrected chi connectivity index (χ1v) is 16.9. The Morgan fingerprint density at radius 2 is 1.48 bits per heavy atom. The van der Waals surface area contributed by atoms with Gasteiger partial charge in [0.05, 0.1) is 18.8 Å². The molecule has 8 nitrogen and oxygen atoms in total. The molecule has 0 radical (unpaired) electrons. The minimum absolute atomic E-state index is 0.0194. The molecule has 3 N–H and O–H groups in total. The van der Waals surface area contributed by atoms with Crippen LogP contribution in [0.2, 0.25) is 0 Å². The van der Waals surface area contributed by atoms with E-state index in [9.17, 15) is 14.7 Å². The van der Waals surface area contributed by atoms with Crippen LogP contribution in [0.1, 0.15) is 98.9 Å². The molecular formula is C38H48N2O6. The van der Waals surface area contributed by atoms with Crippen LogP contribution in [0.4, 0.5) is 0 Å². The molecule has 2 aliphatic heterocycles. The van der Waals surface area contributed by atoms with E-state index in [-0.39, 0.29) is 31.1 Å². The van der Waals surface area contributed by atoms with Gasteiger partial charge in [-0.15, -0.1) is 0 Å². The Morgan fingerprint density at radius 3 is 2.20 bits per heavy atom. The monoisotopic (exact) mass is 628 g/mol. The van der Waals surface area contributed by atoms with Crippen LogP contribution in [0.5, 0.6) is 0 Å². The van der Waals surface area contributed by atoms with Gasteiger partial charge >= 0.3 is 5.97 Å². The van der Waals surface area contributed by atoms with Crippen LogP contribution in [0.25, 0.3) is 11.1 Å². The number of hydrogen-bond donors (Lipinski definition) is 3. The van der Waals surface area contributed by atoms with Gasteiger partial charge in [-0.25, -0.2) is 0 Å². The molecule has 3 aromatic rings. The van der Waals surface area contributed by atoms with Crippen molar-refractivity contribution in [1.29, 1.82) is 0 Å². The minimum atomic E-state index is -0.835.